The highest BCUT2D eigenvalue weighted by molar-refractivity contribution is 4.90. The first-order valence-corrected chi connectivity index (χ1v) is 7.98. The lowest BCUT2D eigenvalue weighted by Gasteiger charge is -2.43. The lowest BCUT2D eigenvalue weighted by Crippen LogP contribution is -2.49. The number of hydrogen-bond donors (Lipinski definition) is 2. The molecule has 114 valence electrons. The molecule has 0 aromatic heterocycles. The smallest absolute Gasteiger partial charge is 0.0558 e. The zero-order valence-corrected chi connectivity index (χ0v) is 13.6. The molecule has 0 spiro atoms. The van der Waals surface area contributed by atoms with Crippen LogP contribution in [0.4, 0.5) is 0 Å². The second-order valence-electron chi connectivity index (χ2n) is 7.14. The Hall–Kier alpha value is -0.120. The maximum Gasteiger partial charge on any atom is 0.0558 e. The van der Waals surface area contributed by atoms with Gasteiger partial charge in [-0.2, -0.15) is 0 Å². The SMILES string of the molecule is CCNC1CCC(C)(C)CC1CN(CCO)C(C)C. The molecule has 1 saturated carbocycles. The summed E-state index contributed by atoms with van der Waals surface area (Å²) in [7, 11) is 0. The van der Waals surface area contributed by atoms with Crippen molar-refractivity contribution in [3.63, 3.8) is 0 Å². The molecular weight excluding hydrogens is 236 g/mol. The van der Waals surface area contributed by atoms with E-state index in [0.717, 1.165) is 19.6 Å². The number of hydrogen-bond acceptors (Lipinski definition) is 3. The van der Waals surface area contributed by atoms with E-state index in [9.17, 15) is 5.11 Å². The highest BCUT2D eigenvalue weighted by Gasteiger charge is 2.35. The first-order valence-electron chi connectivity index (χ1n) is 7.98. The van der Waals surface area contributed by atoms with Gasteiger partial charge in [0.15, 0.2) is 0 Å². The lowest BCUT2D eigenvalue weighted by molar-refractivity contribution is 0.0780. The van der Waals surface area contributed by atoms with Gasteiger partial charge in [-0.3, -0.25) is 4.90 Å². The average molecular weight is 270 g/mol. The molecule has 19 heavy (non-hydrogen) atoms. The van der Waals surface area contributed by atoms with Crippen molar-refractivity contribution in [3.8, 4) is 0 Å². The first-order chi connectivity index (χ1) is 8.89. The van der Waals surface area contributed by atoms with E-state index >= 15 is 0 Å². The van der Waals surface area contributed by atoms with E-state index in [-0.39, 0.29) is 6.61 Å². The van der Waals surface area contributed by atoms with Gasteiger partial charge in [0.25, 0.3) is 0 Å². The summed E-state index contributed by atoms with van der Waals surface area (Å²) < 4.78 is 0. The highest BCUT2D eigenvalue weighted by atomic mass is 16.3. The summed E-state index contributed by atoms with van der Waals surface area (Å²) in [6.07, 6.45) is 3.90. The van der Waals surface area contributed by atoms with Gasteiger partial charge in [-0.25, -0.2) is 0 Å². The fraction of sp³-hybridized carbons (Fsp3) is 1.00. The summed E-state index contributed by atoms with van der Waals surface area (Å²) in [5.74, 6) is 0.706. The van der Waals surface area contributed by atoms with Crippen LogP contribution in [0.2, 0.25) is 0 Å². The molecule has 0 aromatic rings. The Morgan fingerprint density at radius 1 is 1.37 bits per heavy atom. The summed E-state index contributed by atoms with van der Waals surface area (Å²) >= 11 is 0. The van der Waals surface area contributed by atoms with E-state index in [1.54, 1.807) is 0 Å². The van der Waals surface area contributed by atoms with Crippen molar-refractivity contribution in [3.05, 3.63) is 0 Å². The summed E-state index contributed by atoms with van der Waals surface area (Å²) in [4.78, 5) is 2.43. The van der Waals surface area contributed by atoms with Gasteiger partial charge in [-0.05, 0) is 51.0 Å². The van der Waals surface area contributed by atoms with Gasteiger partial charge in [0.2, 0.25) is 0 Å². The molecule has 2 N–H and O–H groups in total. The van der Waals surface area contributed by atoms with E-state index in [1.165, 1.54) is 19.3 Å². The number of nitrogens with one attached hydrogen (secondary N) is 1. The van der Waals surface area contributed by atoms with Gasteiger partial charge >= 0.3 is 0 Å². The van der Waals surface area contributed by atoms with Crippen LogP contribution in [0.5, 0.6) is 0 Å². The first kappa shape index (κ1) is 16.9. The van der Waals surface area contributed by atoms with Crippen molar-refractivity contribution >= 4 is 0 Å². The lowest BCUT2D eigenvalue weighted by atomic mass is 9.69. The maximum atomic E-state index is 9.23. The molecule has 0 heterocycles. The topological polar surface area (TPSA) is 35.5 Å². The number of aliphatic hydroxyl groups is 1. The highest BCUT2D eigenvalue weighted by Crippen LogP contribution is 2.39. The Kier molecular flexibility index (Phi) is 6.78. The van der Waals surface area contributed by atoms with Crippen LogP contribution in [0.15, 0.2) is 0 Å². The Morgan fingerprint density at radius 2 is 2.05 bits per heavy atom. The van der Waals surface area contributed by atoms with Crippen LogP contribution in [0, 0.1) is 11.3 Å². The predicted octanol–water partition coefficient (Wildman–Crippen LogP) is 2.49. The van der Waals surface area contributed by atoms with Gasteiger partial charge in [0.05, 0.1) is 6.61 Å². The van der Waals surface area contributed by atoms with Crippen LogP contribution in [0.1, 0.15) is 53.9 Å². The summed E-state index contributed by atoms with van der Waals surface area (Å²) in [6, 6.07) is 1.16. The molecular formula is C16H34N2O. The molecule has 0 amide bonds. The van der Waals surface area contributed by atoms with E-state index in [4.69, 9.17) is 0 Å². The van der Waals surface area contributed by atoms with Crippen molar-refractivity contribution in [1.29, 1.82) is 0 Å². The standard InChI is InChI=1S/C16H34N2O/c1-6-17-15-7-8-16(4,5)11-14(15)12-18(9-10-19)13(2)3/h13-15,17,19H,6-12H2,1-5H3. The van der Waals surface area contributed by atoms with Crippen molar-refractivity contribution in [2.45, 2.75) is 66.0 Å². The molecule has 0 aliphatic heterocycles. The molecule has 3 nitrogen and oxygen atoms in total. The largest absolute Gasteiger partial charge is 0.395 e. The van der Waals surface area contributed by atoms with Gasteiger partial charge in [0.1, 0.15) is 0 Å². The van der Waals surface area contributed by atoms with E-state index in [2.05, 4.69) is 44.8 Å². The maximum absolute atomic E-state index is 9.23. The second-order valence-corrected chi connectivity index (χ2v) is 7.14. The van der Waals surface area contributed by atoms with Crippen molar-refractivity contribution in [1.82, 2.24) is 10.2 Å². The van der Waals surface area contributed by atoms with Crippen LogP contribution < -0.4 is 5.32 Å². The van der Waals surface area contributed by atoms with E-state index in [0.29, 0.717) is 23.4 Å². The van der Waals surface area contributed by atoms with E-state index in [1.807, 2.05) is 0 Å². The minimum absolute atomic E-state index is 0.264. The molecule has 0 radical (unpaired) electrons. The molecule has 1 aliphatic rings. The third kappa shape index (κ3) is 5.41. The van der Waals surface area contributed by atoms with Crippen LogP contribution in [0.25, 0.3) is 0 Å². The Labute approximate surface area is 119 Å². The van der Waals surface area contributed by atoms with Gasteiger partial charge in [-0.15, -0.1) is 0 Å². The van der Waals surface area contributed by atoms with Gasteiger partial charge < -0.3 is 10.4 Å². The van der Waals surface area contributed by atoms with Crippen LogP contribution in [-0.4, -0.2) is 48.3 Å². The predicted molar refractivity (Wildman–Crippen MR) is 82.4 cm³/mol. The molecule has 0 saturated heterocycles. The average Bonchev–Trinajstić information content (AvgIpc) is 2.31. The number of aliphatic hydroxyl groups excluding tert-OH is 1. The number of rotatable bonds is 7. The van der Waals surface area contributed by atoms with Gasteiger partial charge in [-0.1, -0.05) is 20.8 Å². The quantitative estimate of drug-likeness (QED) is 0.746. The minimum Gasteiger partial charge on any atom is -0.395 e. The molecule has 1 rings (SSSR count). The molecule has 0 bridgehead atoms. The summed E-state index contributed by atoms with van der Waals surface area (Å²) in [5, 5.41) is 12.9. The molecule has 3 heteroatoms. The zero-order valence-electron chi connectivity index (χ0n) is 13.6. The third-order valence-corrected chi connectivity index (χ3v) is 4.57. The minimum atomic E-state index is 0.264. The third-order valence-electron chi connectivity index (χ3n) is 4.57. The Morgan fingerprint density at radius 3 is 2.58 bits per heavy atom. The second kappa shape index (κ2) is 7.61. The molecule has 2 atom stereocenters. The molecule has 0 aromatic carbocycles. The normalized spacial score (nSPS) is 27.2. The Bertz CT molecular complexity index is 253. The van der Waals surface area contributed by atoms with Gasteiger partial charge in [0, 0.05) is 25.2 Å². The van der Waals surface area contributed by atoms with Crippen molar-refractivity contribution in [2.24, 2.45) is 11.3 Å². The molecule has 1 aliphatic carbocycles. The van der Waals surface area contributed by atoms with Crippen molar-refractivity contribution in [2.75, 3.05) is 26.2 Å². The molecule has 2 unspecified atom stereocenters. The van der Waals surface area contributed by atoms with Crippen LogP contribution in [-0.2, 0) is 0 Å². The van der Waals surface area contributed by atoms with E-state index < -0.39 is 0 Å². The summed E-state index contributed by atoms with van der Waals surface area (Å²) in [5.41, 5.74) is 0.471. The van der Waals surface area contributed by atoms with Crippen molar-refractivity contribution < 1.29 is 5.11 Å². The monoisotopic (exact) mass is 270 g/mol. The number of nitrogens with zero attached hydrogens (tertiary/aromatic N) is 1. The molecule has 1 fully saturated rings. The summed E-state index contributed by atoms with van der Waals surface area (Å²) in [6.45, 7) is 14.7. The Balaban J connectivity index is 2.67. The fourth-order valence-electron chi connectivity index (χ4n) is 3.45. The zero-order chi connectivity index (χ0) is 14.5. The fourth-order valence-corrected chi connectivity index (χ4v) is 3.45. The van der Waals surface area contributed by atoms with Crippen LogP contribution >= 0.6 is 0 Å². The van der Waals surface area contributed by atoms with Crippen LogP contribution in [0.3, 0.4) is 0 Å².